The third-order valence-corrected chi connectivity index (χ3v) is 6.24. The highest BCUT2D eigenvalue weighted by Crippen LogP contribution is 2.24. The van der Waals surface area contributed by atoms with E-state index in [-0.39, 0.29) is 43.8 Å². The molecule has 1 aliphatic rings. The lowest BCUT2D eigenvalue weighted by molar-refractivity contribution is -0.153. The smallest absolute Gasteiger partial charge is 0.306 e. The summed E-state index contributed by atoms with van der Waals surface area (Å²) < 4.78 is 11.1. The monoisotopic (exact) mass is 508 g/mol. The Bertz CT molecular complexity index is 1030. The van der Waals surface area contributed by atoms with Gasteiger partial charge in [0.1, 0.15) is 6.10 Å². The first-order valence-electron chi connectivity index (χ1n) is 12.6. The SMILES string of the molecule is COC[C@@H]1NC(=O)[C@@H](CC(=O)N[C@H](CO)Cc2ccccc2)CC=CCCC(=O)O[C@H]1c1ccccc1. The van der Waals surface area contributed by atoms with E-state index in [1.807, 2.05) is 72.8 Å². The lowest BCUT2D eigenvalue weighted by Gasteiger charge is -2.29. The van der Waals surface area contributed by atoms with E-state index in [1.165, 1.54) is 7.11 Å². The molecule has 0 bridgehead atoms. The van der Waals surface area contributed by atoms with Crippen LogP contribution >= 0.6 is 0 Å². The van der Waals surface area contributed by atoms with Gasteiger partial charge in [-0.2, -0.15) is 0 Å². The molecule has 2 aromatic carbocycles. The number of amides is 2. The molecule has 198 valence electrons. The predicted molar refractivity (Wildman–Crippen MR) is 139 cm³/mol. The summed E-state index contributed by atoms with van der Waals surface area (Å²) in [5.74, 6) is -1.65. The number of aliphatic hydroxyl groups excluding tert-OH is 1. The predicted octanol–water partition coefficient (Wildman–Crippen LogP) is 2.87. The topological polar surface area (TPSA) is 114 Å². The van der Waals surface area contributed by atoms with Gasteiger partial charge in [0.15, 0.2) is 0 Å². The van der Waals surface area contributed by atoms with Crippen LogP contribution in [0.4, 0.5) is 0 Å². The number of ether oxygens (including phenoxy) is 2. The Hall–Kier alpha value is -3.49. The summed E-state index contributed by atoms with van der Waals surface area (Å²) in [5, 5.41) is 15.6. The van der Waals surface area contributed by atoms with Crippen molar-refractivity contribution in [1.29, 1.82) is 0 Å². The fourth-order valence-electron chi connectivity index (χ4n) is 4.34. The highest BCUT2D eigenvalue weighted by molar-refractivity contribution is 5.86. The van der Waals surface area contributed by atoms with E-state index < -0.39 is 24.1 Å². The summed E-state index contributed by atoms with van der Waals surface area (Å²) in [7, 11) is 1.52. The number of carbonyl (C=O) groups is 3. The molecule has 8 nitrogen and oxygen atoms in total. The van der Waals surface area contributed by atoms with Crippen LogP contribution in [0.3, 0.4) is 0 Å². The van der Waals surface area contributed by atoms with Crippen molar-refractivity contribution < 1.29 is 29.0 Å². The second-order valence-corrected chi connectivity index (χ2v) is 9.18. The van der Waals surface area contributed by atoms with Crippen molar-refractivity contribution in [3.8, 4) is 0 Å². The second kappa shape index (κ2) is 14.9. The Balaban J connectivity index is 1.75. The van der Waals surface area contributed by atoms with Crippen LogP contribution in [-0.2, 0) is 30.3 Å². The molecule has 2 amide bonds. The molecule has 0 radical (unpaired) electrons. The summed E-state index contributed by atoms with van der Waals surface area (Å²) in [6, 6.07) is 17.7. The van der Waals surface area contributed by atoms with Gasteiger partial charge in [0.05, 0.1) is 31.2 Å². The molecule has 0 fully saturated rings. The van der Waals surface area contributed by atoms with Crippen LogP contribution in [0.1, 0.15) is 42.9 Å². The van der Waals surface area contributed by atoms with E-state index in [4.69, 9.17) is 9.47 Å². The molecule has 0 saturated heterocycles. The average Bonchev–Trinajstić information content (AvgIpc) is 2.90. The van der Waals surface area contributed by atoms with Crippen molar-refractivity contribution in [2.24, 2.45) is 5.92 Å². The largest absolute Gasteiger partial charge is 0.455 e. The van der Waals surface area contributed by atoms with E-state index >= 15 is 0 Å². The molecule has 3 rings (SSSR count). The van der Waals surface area contributed by atoms with Gasteiger partial charge in [0.25, 0.3) is 0 Å². The molecule has 0 aromatic heterocycles. The van der Waals surface area contributed by atoms with E-state index in [9.17, 15) is 19.5 Å². The molecule has 0 aliphatic carbocycles. The second-order valence-electron chi connectivity index (χ2n) is 9.18. The standard InChI is InChI=1S/C29H36N2O6/c1-36-20-25-28(22-13-7-3-8-14-22)37-27(34)16-10-4-9-15-23(29(35)31-25)18-26(33)30-24(19-32)17-21-11-5-2-6-12-21/h2-9,11-14,23-25,28,32H,10,15-20H2,1H3,(H,30,33)(H,31,35)/t23-,24+,25+,28+/m1/s1. The highest BCUT2D eigenvalue weighted by atomic mass is 16.5. The number of esters is 1. The Morgan fingerprint density at radius 1 is 1.11 bits per heavy atom. The van der Waals surface area contributed by atoms with Gasteiger partial charge in [0.2, 0.25) is 11.8 Å². The number of allylic oxidation sites excluding steroid dienone is 2. The molecule has 0 spiro atoms. The average molecular weight is 509 g/mol. The van der Waals surface area contributed by atoms with Crippen molar-refractivity contribution in [2.75, 3.05) is 20.3 Å². The van der Waals surface area contributed by atoms with Crippen LogP contribution in [0.25, 0.3) is 0 Å². The van der Waals surface area contributed by atoms with Gasteiger partial charge in [-0.05, 0) is 30.4 Å². The molecule has 37 heavy (non-hydrogen) atoms. The molecule has 4 atom stereocenters. The first kappa shape index (κ1) is 28.1. The molecule has 8 heteroatoms. The molecular weight excluding hydrogens is 472 g/mol. The van der Waals surface area contributed by atoms with Crippen molar-refractivity contribution in [2.45, 2.75) is 50.3 Å². The molecule has 3 N–H and O–H groups in total. The number of methoxy groups -OCH3 is 1. The Labute approximate surface area is 218 Å². The van der Waals surface area contributed by atoms with Crippen LogP contribution in [-0.4, -0.2) is 55.3 Å². The zero-order valence-corrected chi connectivity index (χ0v) is 21.2. The minimum absolute atomic E-state index is 0.0447. The number of aliphatic hydroxyl groups is 1. The van der Waals surface area contributed by atoms with Gasteiger partial charge in [-0.25, -0.2) is 0 Å². The van der Waals surface area contributed by atoms with Crippen molar-refractivity contribution in [1.82, 2.24) is 10.6 Å². The van der Waals surface area contributed by atoms with Crippen LogP contribution in [0.15, 0.2) is 72.8 Å². The third-order valence-electron chi connectivity index (χ3n) is 6.24. The number of cyclic esters (lactones) is 1. The maximum absolute atomic E-state index is 13.4. The molecular formula is C29H36N2O6. The van der Waals surface area contributed by atoms with E-state index in [0.717, 1.165) is 11.1 Å². The molecule has 0 unspecified atom stereocenters. The minimum Gasteiger partial charge on any atom is -0.455 e. The maximum atomic E-state index is 13.4. The van der Waals surface area contributed by atoms with Gasteiger partial charge in [-0.1, -0.05) is 72.8 Å². The van der Waals surface area contributed by atoms with E-state index in [2.05, 4.69) is 10.6 Å². The van der Waals surface area contributed by atoms with E-state index in [1.54, 1.807) is 0 Å². The van der Waals surface area contributed by atoms with Crippen molar-refractivity contribution in [3.63, 3.8) is 0 Å². The highest BCUT2D eigenvalue weighted by Gasteiger charge is 2.31. The molecule has 0 saturated carbocycles. The number of carbonyl (C=O) groups excluding carboxylic acids is 3. The first-order valence-corrected chi connectivity index (χ1v) is 12.6. The van der Waals surface area contributed by atoms with Gasteiger partial charge in [-0.3, -0.25) is 14.4 Å². The zero-order valence-electron chi connectivity index (χ0n) is 21.2. The normalized spacial score (nSPS) is 21.6. The molecule has 2 aromatic rings. The Morgan fingerprint density at radius 3 is 2.49 bits per heavy atom. The maximum Gasteiger partial charge on any atom is 0.306 e. The van der Waals surface area contributed by atoms with Crippen LogP contribution < -0.4 is 10.6 Å². The van der Waals surface area contributed by atoms with Crippen LogP contribution in [0, 0.1) is 5.92 Å². The lowest BCUT2D eigenvalue weighted by atomic mass is 9.96. The van der Waals surface area contributed by atoms with Gasteiger partial charge >= 0.3 is 5.97 Å². The first-order chi connectivity index (χ1) is 18.0. The van der Waals surface area contributed by atoms with Crippen molar-refractivity contribution in [3.05, 3.63) is 83.9 Å². The summed E-state index contributed by atoms with van der Waals surface area (Å²) >= 11 is 0. The van der Waals surface area contributed by atoms with Gasteiger partial charge in [-0.15, -0.1) is 0 Å². The zero-order chi connectivity index (χ0) is 26.5. The summed E-state index contributed by atoms with van der Waals surface area (Å²) in [6.07, 6.45) is 4.37. The lowest BCUT2D eigenvalue weighted by Crippen LogP contribution is -2.47. The number of nitrogens with one attached hydrogen (secondary N) is 2. The third kappa shape index (κ3) is 9.15. The molecule has 1 aliphatic heterocycles. The quantitative estimate of drug-likeness (QED) is 0.355. The van der Waals surface area contributed by atoms with Gasteiger partial charge in [0, 0.05) is 20.0 Å². The summed E-state index contributed by atoms with van der Waals surface area (Å²) in [5.41, 5.74) is 1.74. The number of rotatable bonds is 9. The van der Waals surface area contributed by atoms with Crippen LogP contribution in [0.5, 0.6) is 0 Å². The van der Waals surface area contributed by atoms with Gasteiger partial charge < -0.3 is 25.2 Å². The Kier molecular flexibility index (Phi) is 11.3. The van der Waals surface area contributed by atoms with Crippen LogP contribution in [0.2, 0.25) is 0 Å². The number of benzene rings is 2. The summed E-state index contributed by atoms with van der Waals surface area (Å²) in [4.78, 5) is 38.8. The van der Waals surface area contributed by atoms with Crippen molar-refractivity contribution >= 4 is 17.8 Å². The van der Waals surface area contributed by atoms with E-state index in [0.29, 0.717) is 19.3 Å². The fraction of sp³-hybridized carbons (Fsp3) is 0.414. The Morgan fingerprint density at radius 2 is 1.81 bits per heavy atom. The number of hydrogen-bond acceptors (Lipinski definition) is 6. The fourth-order valence-corrected chi connectivity index (χ4v) is 4.34. The number of hydrogen-bond donors (Lipinski definition) is 3. The molecule has 1 heterocycles. The minimum atomic E-state index is -0.736. The summed E-state index contributed by atoms with van der Waals surface area (Å²) in [6.45, 7) is -0.0889.